The molecule has 1 atom stereocenters. The summed E-state index contributed by atoms with van der Waals surface area (Å²) >= 11 is 1.86. The summed E-state index contributed by atoms with van der Waals surface area (Å²) in [6.45, 7) is 11.0. The van der Waals surface area contributed by atoms with E-state index < -0.39 is 0 Å². The monoisotopic (exact) mass is 240 g/mol. The Bertz CT molecular complexity index is 318. The van der Waals surface area contributed by atoms with Gasteiger partial charge in [-0.2, -0.15) is 0 Å². The van der Waals surface area contributed by atoms with Crippen LogP contribution in [0.15, 0.2) is 0 Å². The van der Waals surface area contributed by atoms with Gasteiger partial charge in [-0.15, -0.1) is 11.3 Å². The van der Waals surface area contributed by atoms with E-state index in [9.17, 15) is 0 Å². The second-order valence-corrected chi connectivity index (χ2v) is 5.81. The quantitative estimate of drug-likeness (QED) is 0.817. The van der Waals surface area contributed by atoms with Crippen LogP contribution < -0.4 is 5.32 Å². The van der Waals surface area contributed by atoms with Gasteiger partial charge in [0.05, 0.1) is 11.7 Å². The highest BCUT2D eigenvalue weighted by molar-refractivity contribution is 7.11. The third-order valence-corrected chi connectivity index (χ3v) is 3.78. The molecule has 0 radical (unpaired) electrons. The van der Waals surface area contributed by atoms with Crippen LogP contribution in [0, 0.1) is 6.92 Å². The van der Waals surface area contributed by atoms with Crippen LogP contribution in [0.3, 0.4) is 0 Å². The maximum atomic E-state index is 4.76. The minimum atomic E-state index is 0.439. The Morgan fingerprint density at radius 3 is 2.44 bits per heavy atom. The van der Waals surface area contributed by atoms with Crippen LogP contribution in [0.5, 0.6) is 0 Å². The number of thiazole rings is 1. The molecule has 1 aromatic heterocycles. The Labute approximate surface area is 103 Å². The number of aryl methyl sites for hydroxylation is 2. The third-order valence-electron chi connectivity index (χ3n) is 2.65. The van der Waals surface area contributed by atoms with Gasteiger partial charge in [0.15, 0.2) is 0 Å². The minimum Gasteiger partial charge on any atom is -0.306 e. The van der Waals surface area contributed by atoms with E-state index >= 15 is 0 Å². The van der Waals surface area contributed by atoms with Gasteiger partial charge in [-0.25, -0.2) is 4.98 Å². The highest BCUT2D eigenvalue weighted by atomic mass is 32.1. The normalized spacial score (nSPS) is 13.4. The van der Waals surface area contributed by atoms with Gasteiger partial charge in [0.1, 0.15) is 5.01 Å². The summed E-state index contributed by atoms with van der Waals surface area (Å²) in [5.74, 6) is 0. The fourth-order valence-corrected chi connectivity index (χ4v) is 3.00. The van der Waals surface area contributed by atoms with E-state index in [0.29, 0.717) is 12.1 Å². The van der Waals surface area contributed by atoms with Gasteiger partial charge in [-0.05, 0) is 19.8 Å². The van der Waals surface area contributed by atoms with Crippen molar-refractivity contribution < 1.29 is 0 Å². The number of hydrogen-bond acceptors (Lipinski definition) is 3. The fourth-order valence-electron chi connectivity index (χ4n) is 1.90. The van der Waals surface area contributed by atoms with E-state index in [4.69, 9.17) is 4.98 Å². The zero-order valence-electron chi connectivity index (χ0n) is 11.1. The molecule has 1 rings (SSSR count). The van der Waals surface area contributed by atoms with Crippen molar-refractivity contribution >= 4 is 11.3 Å². The van der Waals surface area contributed by atoms with Crippen molar-refractivity contribution in [1.82, 2.24) is 10.3 Å². The van der Waals surface area contributed by atoms with Crippen molar-refractivity contribution in [3.8, 4) is 0 Å². The highest BCUT2D eigenvalue weighted by Crippen LogP contribution is 2.26. The molecule has 0 aromatic carbocycles. The third kappa shape index (κ3) is 3.56. The lowest BCUT2D eigenvalue weighted by molar-refractivity contribution is 0.446. The van der Waals surface area contributed by atoms with Crippen molar-refractivity contribution in [2.24, 2.45) is 0 Å². The first-order chi connectivity index (χ1) is 7.58. The molecule has 0 aliphatic heterocycles. The predicted molar refractivity (Wildman–Crippen MR) is 72.1 cm³/mol. The number of nitrogens with zero attached hydrogens (tertiary/aromatic N) is 1. The topological polar surface area (TPSA) is 24.9 Å². The van der Waals surface area contributed by atoms with Crippen LogP contribution in [-0.4, -0.2) is 11.0 Å². The van der Waals surface area contributed by atoms with Gasteiger partial charge < -0.3 is 5.32 Å². The Balaban J connectivity index is 2.83. The van der Waals surface area contributed by atoms with Crippen molar-refractivity contribution in [3.05, 3.63) is 15.6 Å². The van der Waals surface area contributed by atoms with Crippen LogP contribution in [0.25, 0.3) is 0 Å². The van der Waals surface area contributed by atoms with Gasteiger partial charge in [0.2, 0.25) is 0 Å². The lowest BCUT2D eigenvalue weighted by Crippen LogP contribution is -2.28. The van der Waals surface area contributed by atoms with Gasteiger partial charge >= 0.3 is 0 Å². The standard InChI is InChI=1S/C13H24N2S/c1-6-8-12(14-9(3)4)13-15-11(7-2)10(5)16-13/h9,12,14H,6-8H2,1-5H3. The van der Waals surface area contributed by atoms with E-state index in [0.717, 1.165) is 6.42 Å². The summed E-state index contributed by atoms with van der Waals surface area (Å²) in [7, 11) is 0. The van der Waals surface area contributed by atoms with Gasteiger partial charge in [-0.1, -0.05) is 34.1 Å². The van der Waals surface area contributed by atoms with Crippen molar-refractivity contribution in [2.45, 2.75) is 66.0 Å². The lowest BCUT2D eigenvalue weighted by atomic mass is 10.1. The zero-order chi connectivity index (χ0) is 12.1. The molecule has 0 bridgehead atoms. The summed E-state index contributed by atoms with van der Waals surface area (Å²) in [5.41, 5.74) is 1.27. The Morgan fingerprint density at radius 1 is 1.31 bits per heavy atom. The average molecular weight is 240 g/mol. The van der Waals surface area contributed by atoms with E-state index in [1.807, 2.05) is 11.3 Å². The van der Waals surface area contributed by atoms with E-state index in [1.54, 1.807) is 0 Å². The Kier molecular flexibility index (Phi) is 5.42. The molecule has 0 spiro atoms. The van der Waals surface area contributed by atoms with Crippen LogP contribution in [0.1, 0.15) is 62.2 Å². The number of aromatic nitrogens is 1. The Hall–Kier alpha value is -0.410. The van der Waals surface area contributed by atoms with E-state index in [2.05, 4.69) is 39.9 Å². The molecular weight excluding hydrogens is 216 g/mol. The molecule has 0 saturated carbocycles. The molecule has 16 heavy (non-hydrogen) atoms. The molecule has 0 aliphatic rings. The highest BCUT2D eigenvalue weighted by Gasteiger charge is 2.16. The summed E-state index contributed by atoms with van der Waals surface area (Å²) < 4.78 is 0. The maximum Gasteiger partial charge on any atom is 0.110 e. The molecule has 1 N–H and O–H groups in total. The number of rotatable bonds is 6. The van der Waals surface area contributed by atoms with Crippen molar-refractivity contribution in [2.75, 3.05) is 0 Å². The van der Waals surface area contributed by atoms with Gasteiger partial charge in [-0.3, -0.25) is 0 Å². The Morgan fingerprint density at radius 2 is 2.00 bits per heavy atom. The molecule has 1 aromatic rings. The summed E-state index contributed by atoms with van der Waals surface area (Å²) in [6, 6.07) is 0.958. The first-order valence-corrected chi connectivity index (χ1v) is 7.12. The SMILES string of the molecule is CCCC(NC(C)C)c1nc(CC)c(C)s1. The number of nitrogens with one attached hydrogen (secondary N) is 1. The summed E-state index contributed by atoms with van der Waals surface area (Å²) in [6.07, 6.45) is 3.42. The molecular formula is C13H24N2S. The maximum absolute atomic E-state index is 4.76. The van der Waals surface area contributed by atoms with E-state index in [1.165, 1.54) is 28.4 Å². The summed E-state index contributed by atoms with van der Waals surface area (Å²) in [4.78, 5) is 6.14. The summed E-state index contributed by atoms with van der Waals surface area (Å²) in [5, 5.41) is 4.88. The minimum absolute atomic E-state index is 0.439. The molecule has 2 nitrogen and oxygen atoms in total. The smallest absolute Gasteiger partial charge is 0.110 e. The second-order valence-electron chi connectivity index (χ2n) is 4.57. The first kappa shape index (κ1) is 13.7. The van der Waals surface area contributed by atoms with Crippen molar-refractivity contribution in [3.63, 3.8) is 0 Å². The molecule has 3 heteroatoms. The molecule has 0 aliphatic carbocycles. The van der Waals surface area contributed by atoms with Crippen LogP contribution in [0.2, 0.25) is 0 Å². The first-order valence-electron chi connectivity index (χ1n) is 6.30. The second kappa shape index (κ2) is 6.36. The van der Waals surface area contributed by atoms with Crippen LogP contribution in [0.4, 0.5) is 0 Å². The van der Waals surface area contributed by atoms with E-state index in [-0.39, 0.29) is 0 Å². The predicted octanol–water partition coefficient (Wildman–Crippen LogP) is 3.85. The molecule has 1 heterocycles. The molecule has 1 unspecified atom stereocenters. The number of hydrogen-bond donors (Lipinski definition) is 1. The van der Waals surface area contributed by atoms with Crippen molar-refractivity contribution in [1.29, 1.82) is 0 Å². The largest absolute Gasteiger partial charge is 0.306 e. The molecule has 0 fully saturated rings. The average Bonchev–Trinajstić information content (AvgIpc) is 2.58. The van der Waals surface area contributed by atoms with Crippen LogP contribution >= 0.6 is 11.3 Å². The fraction of sp³-hybridized carbons (Fsp3) is 0.769. The van der Waals surface area contributed by atoms with Gasteiger partial charge in [0, 0.05) is 10.9 Å². The molecule has 0 amide bonds. The molecule has 92 valence electrons. The van der Waals surface area contributed by atoms with Gasteiger partial charge in [0.25, 0.3) is 0 Å². The lowest BCUT2D eigenvalue weighted by Gasteiger charge is -2.18. The zero-order valence-corrected chi connectivity index (χ0v) is 11.9. The van der Waals surface area contributed by atoms with Crippen LogP contribution in [-0.2, 0) is 6.42 Å². The molecule has 0 saturated heterocycles.